The minimum absolute atomic E-state index is 0.00794. The molecule has 6 heterocycles. The molecule has 6 heteroatoms. The molecule has 0 saturated heterocycles. The molecule has 144 heavy (non-hydrogen) atoms. The Hall–Kier alpha value is -14.8. The standard InChI is InChI=1S/C28H23N.2C22H18O.3C22H18S/c1-18-13-14-26-22(15-18)23-16-21-20-11-7-8-12-24(20)28(2,3)25(21)17-27(23)29(26)19-9-5-4-6-10-19;1-13-7-6-9-14-15-11-12-18-19(21(15)23-20(13)14)16-8-4-5-10-17(16)22(18,2)3;1-13-8-9-16-18(12-13)22(2,3)17-11-10-15-14-6-4-5-7-19(14)23-21(15)20(16)17;1-13-7-6-9-14-15-11-12-18-19(21(15)23-20(13)14)16-8-4-5-10-17(16)22(18,2)3;1-13-8-9-20-16(10-13)17-11-15-14-6-4-5-7-18(14)22(2,3)19(15)12-21(17)23-20;1-13-8-9-16-18(12-13)22(2,3)17-11-10-15-14-6-4-5-7-19(14)23-21(15)20(16)17/h4-17H,1-3H3;5*4-12H,1-3H3. The molecule has 0 atom stereocenters. The molecule has 0 N–H and O–H groups in total. The minimum atomic E-state index is 0.00794. The van der Waals surface area contributed by atoms with Crippen LogP contribution in [0, 0.1) is 41.5 Å². The van der Waals surface area contributed by atoms with E-state index in [2.05, 4.69) is 481 Å². The fourth-order valence-corrected chi connectivity index (χ4v) is 29.6. The number of benzene rings is 19. The largest absolute Gasteiger partial charge is 0.455 e. The van der Waals surface area contributed by atoms with Crippen LogP contribution in [0.2, 0.25) is 0 Å². The third-order valence-electron chi connectivity index (χ3n) is 33.5. The third kappa shape index (κ3) is 13.2. The highest BCUT2D eigenvalue weighted by atomic mass is 32.1. The first-order valence-corrected chi connectivity index (χ1v) is 53.4. The van der Waals surface area contributed by atoms with Gasteiger partial charge in [-0.25, -0.2) is 0 Å². The molecule has 0 fully saturated rings. The molecule has 0 unspecified atom stereocenters. The van der Waals surface area contributed by atoms with Crippen molar-refractivity contribution in [2.45, 2.75) is 157 Å². The molecule has 0 bridgehead atoms. The van der Waals surface area contributed by atoms with Crippen LogP contribution < -0.4 is 0 Å². The van der Waals surface area contributed by atoms with E-state index in [1.807, 2.05) is 40.1 Å². The van der Waals surface area contributed by atoms with Crippen LogP contribution in [0.3, 0.4) is 0 Å². The van der Waals surface area contributed by atoms with Gasteiger partial charge in [-0.1, -0.05) is 390 Å². The van der Waals surface area contributed by atoms with E-state index in [0.29, 0.717) is 0 Å². The fourth-order valence-electron chi connectivity index (χ4n) is 25.9. The molecular formula is C138H113NO2S3. The Labute approximate surface area is 854 Å². The van der Waals surface area contributed by atoms with Gasteiger partial charge < -0.3 is 13.4 Å². The quantitative estimate of drug-likeness (QED) is 0.164. The second kappa shape index (κ2) is 32.4. The van der Waals surface area contributed by atoms with Gasteiger partial charge in [-0.15, -0.1) is 34.0 Å². The summed E-state index contributed by atoms with van der Waals surface area (Å²) in [4.78, 5) is 0. The van der Waals surface area contributed by atoms with Crippen LogP contribution in [0.1, 0.15) is 183 Å². The van der Waals surface area contributed by atoms with Gasteiger partial charge in [0.05, 0.1) is 11.0 Å². The van der Waals surface area contributed by atoms with Gasteiger partial charge in [0.15, 0.2) is 0 Å². The highest BCUT2D eigenvalue weighted by molar-refractivity contribution is 7.27. The van der Waals surface area contributed by atoms with E-state index in [9.17, 15) is 0 Å². The Kier molecular flexibility index (Phi) is 20.1. The lowest BCUT2D eigenvalue weighted by atomic mass is 9.82. The Morgan fingerprint density at radius 2 is 0.576 bits per heavy atom. The highest BCUT2D eigenvalue weighted by Gasteiger charge is 2.44. The summed E-state index contributed by atoms with van der Waals surface area (Å²) in [7, 11) is 0. The topological polar surface area (TPSA) is 31.2 Å². The SMILES string of the molecule is Cc1ccc2c(c1)C(C)(C)c1ccc3c(oc4ccccc43)c1-2.Cc1ccc2c(c1)C(C)(C)c1ccc3c(sc4ccccc43)c1-2.Cc1ccc2c(c1)c1cc3c(cc1n2-c1ccccc1)C(C)(C)c1ccccc1-3.Cc1ccc2sc3cc4c(cc3c2c1)-c1ccccc1C4(C)C.Cc1cccc2c1oc1c3c(ccc12)C(C)(C)c1ccccc1-3.Cc1cccc2c1sc1c3c(ccc12)C(C)(C)c1ccccc1-3. The molecule has 3 nitrogen and oxygen atoms in total. The lowest BCUT2D eigenvalue weighted by molar-refractivity contribution is 0.652. The van der Waals surface area contributed by atoms with Gasteiger partial charge in [0.2, 0.25) is 0 Å². The monoisotopic (exact) mass is 1910 g/mol. The molecule has 6 aliphatic rings. The van der Waals surface area contributed by atoms with Crippen LogP contribution >= 0.6 is 34.0 Å². The van der Waals surface area contributed by atoms with Crippen molar-refractivity contribution in [3.63, 3.8) is 0 Å². The van der Waals surface area contributed by atoms with E-state index in [1.165, 1.54) is 276 Å². The summed E-state index contributed by atoms with van der Waals surface area (Å²) >= 11 is 5.81. The number of thiophene rings is 3. The van der Waals surface area contributed by atoms with Gasteiger partial charge in [0.1, 0.15) is 22.3 Å². The smallest absolute Gasteiger partial charge is 0.143 e. The zero-order valence-corrected chi connectivity index (χ0v) is 87.5. The third-order valence-corrected chi connectivity index (χ3v) is 37.2. The lowest BCUT2D eigenvalue weighted by Crippen LogP contribution is -2.14. The number of nitrogens with zero attached hydrogens (tertiary/aromatic N) is 1. The summed E-state index contributed by atoms with van der Waals surface area (Å²) < 4.78 is 23.6. The molecule has 0 saturated carbocycles. The van der Waals surface area contributed by atoms with E-state index in [4.69, 9.17) is 8.83 Å². The number of hydrogen-bond acceptors (Lipinski definition) is 5. The van der Waals surface area contributed by atoms with Crippen molar-refractivity contribution in [2.24, 2.45) is 0 Å². The van der Waals surface area contributed by atoms with Crippen LogP contribution in [0.25, 0.3) is 199 Å². The summed E-state index contributed by atoms with van der Waals surface area (Å²) in [5, 5.41) is 15.9. The Morgan fingerprint density at radius 3 is 1.19 bits per heavy atom. The van der Waals surface area contributed by atoms with Crippen molar-refractivity contribution in [1.29, 1.82) is 0 Å². The summed E-state index contributed by atoms with van der Waals surface area (Å²) in [6.07, 6.45) is 0. The summed E-state index contributed by atoms with van der Waals surface area (Å²) in [5.41, 5.74) is 49.7. The molecule has 700 valence electrons. The zero-order chi connectivity index (χ0) is 98.6. The number of para-hydroxylation sites is 3. The average molecular weight is 1910 g/mol. The molecule has 0 radical (unpaired) electrons. The van der Waals surface area contributed by atoms with Crippen molar-refractivity contribution >= 4 is 160 Å². The number of rotatable bonds is 1. The maximum atomic E-state index is 6.38. The van der Waals surface area contributed by atoms with Crippen LogP contribution in [-0.4, -0.2) is 4.57 Å². The van der Waals surface area contributed by atoms with Crippen LogP contribution in [0.15, 0.2) is 367 Å². The van der Waals surface area contributed by atoms with Crippen molar-refractivity contribution in [3.05, 3.63) is 458 Å². The molecule has 25 aromatic rings. The molecule has 0 amide bonds. The molecule has 0 aliphatic heterocycles. The number of fused-ring (bicyclic) bond motifs is 40. The van der Waals surface area contributed by atoms with E-state index in [-0.39, 0.29) is 32.5 Å². The summed E-state index contributed by atoms with van der Waals surface area (Å²) in [6, 6.07) is 132. The van der Waals surface area contributed by atoms with E-state index in [0.717, 1.165) is 22.3 Å². The molecular weight excluding hydrogens is 1800 g/mol. The van der Waals surface area contributed by atoms with Gasteiger partial charge in [-0.2, -0.15) is 0 Å². The zero-order valence-electron chi connectivity index (χ0n) is 85.1. The molecule has 0 spiro atoms. The maximum absolute atomic E-state index is 6.38. The number of aromatic nitrogens is 1. The van der Waals surface area contributed by atoms with E-state index >= 15 is 0 Å². The minimum Gasteiger partial charge on any atom is -0.455 e. The van der Waals surface area contributed by atoms with Gasteiger partial charge in [0, 0.05) is 153 Å². The fraction of sp³-hybridized carbons (Fsp3) is 0.174. The van der Waals surface area contributed by atoms with Crippen LogP contribution in [0.4, 0.5) is 0 Å². The van der Waals surface area contributed by atoms with E-state index in [1.54, 1.807) is 0 Å². The molecule has 19 aromatic carbocycles. The Balaban J connectivity index is 0.0000000883. The molecule has 31 rings (SSSR count). The maximum Gasteiger partial charge on any atom is 0.143 e. The van der Waals surface area contributed by atoms with Crippen molar-refractivity contribution < 1.29 is 8.83 Å². The van der Waals surface area contributed by atoms with Gasteiger partial charge in [0.25, 0.3) is 0 Å². The van der Waals surface area contributed by atoms with Gasteiger partial charge in [-0.3, -0.25) is 0 Å². The Bertz CT molecular complexity index is 9430. The second-order valence-electron chi connectivity index (χ2n) is 44.4. The van der Waals surface area contributed by atoms with Crippen molar-refractivity contribution in [2.75, 3.05) is 0 Å². The summed E-state index contributed by atoms with van der Waals surface area (Å²) in [6.45, 7) is 41.1. The number of hydrogen-bond donors (Lipinski definition) is 0. The second-order valence-corrected chi connectivity index (χ2v) is 47.6. The Morgan fingerprint density at radius 1 is 0.194 bits per heavy atom. The predicted octanol–water partition coefficient (Wildman–Crippen LogP) is 39.8. The molecule has 6 aliphatic carbocycles. The normalized spacial score (nSPS) is 14.9. The first-order valence-electron chi connectivity index (χ1n) is 51.0. The van der Waals surface area contributed by atoms with Gasteiger partial charge >= 0.3 is 0 Å². The summed E-state index contributed by atoms with van der Waals surface area (Å²) in [5.74, 6) is 0. The average Bonchev–Trinajstić information content (AvgIpc) is 1.53. The molecule has 6 aromatic heterocycles. The first-order chi connectivity index (χ1) is 69.4. The van der Waals surface area contributed by atoms with Gasteiger partial charge in [-0.05, 0) is 237 Å². The highest BCUT2D eigenvalue weighted by Crippen LogP contribution is 2.61. The lowest BCUT2D eigenvalue weighted by Gasteiger charge is -2.21. The number of aryl methyl sites for hydroxylation is 6. The first kappa shape index (κ1) is 89.3. The van der Waals surface area contributed by atoms with E-state index < -0.39 is 0 Å². The van der Waals surface area contributed by atoms with Crippen molar-refractivity contribution in [1.82, 2.24) is 4.57 Å². The number of furan rings is 2. The van der Waals surface area contributed by atoms with Crippen LogP contribution in [0.5, 0.6) is 0 Å². The van der Waals surface area contributed by atoms with Crippen LogP contribution in [-0.2, 0) is 32.5 Å². The van der Waals surface area contributed by atoms with Crippen molar-refractivity contribution in [3.8, 4) is 72.4 Å². The predicted molar refractivity (Wildman–Crippen MR) is 620 cm³/mol.